The van der Waals surface area contributed by atoms with Crippen LogP contribution in [-0.4, -0.2) is 142 Å². The molecule has 40 heavy (non-hydrogen) atoms. The summed E-state index contributed by atoms with van der Waals surface area (Å²) < 4.78 is 53.0. The summed E-state index contributed by atoms with van der Waals surface area (Å²) in [5.41, 5.74) is -0.0726. The summed E-state index contributed by atoms with van der Waals surface area (Å²) in [6.45, 7) is 4.12. The van der Waals surface area contributed by atoms with Crippen LogP contribution in [0.3, 0.4) is 0 Å². The van der Waals surface area contributed by atoms with E-state index in [1.807, 2.05) is 0 Å². The lowest BCUT2D eigenvalue weighted by Gasteiger charge is -2.16. The molecule has 2 N–H and O–H groups in total. The lowest BCUT2D eigenvalue weighted by Crippen LogP contribution is -2.16. The minimum absolute atomic E-state index is 0.0319. The number of carbonyl (C=O) groups is 2. The van der Waals surface area contributed by atoms with E-state index in [2.05, 4.69) is 0 Å². The van der Waals surface area contributed by atoms with Gasteiger partial charge >= 0.3 is 11.9 Å². The van der Waals surface area contributed by atoms with E-state index in [1.165, 1.54) is 26.4 Å². The molecule has 1 rings (SSSR count). The van der Waals surface area contributed by atoms with Gasteiger partial charge in [0, 0.05) is 0 Å². The molecule has 0 aliphatic carbocycles. The summed E-state index contributed by atoms with van der Waals surface area (Å²) in [7, 11) is 2.40. The standard InChI is InChI=1S/C26H42O14/c1-31-25(29)21-19-23(39-17-15-37-13-11-35-9-7-33-5-3-27)24(20-22(21)26(30)32-2)40-18-16-38-14-12-36-10-8-34-6-4-28/h19-20,27-28H,3-18H2,1-2H3. The zero-order chi connectivity index (χ0) is 29.3. The van der Waals surface area contributed by atoms with Crippen molar-refractivity contribution in [3.8, 4) is 11.5 Å². The van der Waals surface area contributed by atoms with Crippen LogP contribution < -0.4 is 9.47 Å². The van der Waals surface area contributed by atoms with Gasteiger partial charge in [-0.15, -0.1) is 0 Å². The summed E-state index contributed by atoms with van der Waals surface area (Å²) in [5, 5.41) is 17.3. The van der Waals surface area contributed by atoms with Gasteiger partial charge in [-0.1, -0.05) is 0 Å². The van der Waals surface area contributed by atoms with E-state index in [4.69, 9.17) is 57.6 Å². The van der Waals surface area contributed by atoms with Crippen LogP contribution in [0.1, 0.15) is 20.7 Å². The van der Waals surface area contributed by atoms with Gasteiger partial charge in [0.2, 0.25) is 0 Å². The van der Waals surface area contributed by atoms with Crippen LogP contribution in [0.2, 0.25) is 0 Å². The zero-order valence-electron chi connectivity index (χ0n) is 23.3. The molecule has 0 atom stereocenters. The fourth-order valence-electron chi connectivity index (χ4n) is 2.98. The maximum Gasteiger partial charge on any atom is 0.338 e. The van der Waals surface area contributed by atoms with Crippen molar-refractivity contribution in [2.75, 3.05) is 120 Å². The first-order valence-corrected chi connectivity index (χ1v) is 12.9. The average molecular weight is 579 g/mol. The predicted molar refractivity (Wildman–Crippen MR) is 139 cm³/mol. The molecule has 0 amide bonds. The molecule has 0 bridgehead atoms. The van der Waals surface area contributed by atoms with Crippen LogP contribution in [0, 0.1) is 0 Å². The van der Waals surface area contributed by atoms with Crippen LogP contribution >= 0.6 is 0 Å². The Kier molecular flexibility index (Phi) is 21.5. The molecule has 0 fully saturated rings. The Morgan fingerprint density at radius 3 is 1.05 bits per heavy atom. The molecule has 0 saturated carbocycles. The Labute approximate surface area is 234 Å². The van der Waals surface area contributed by atoms with Gasteiger partial charge < -0.3 is 57.6 Å². The quantitative estimate of drug-likeness (QED) is 0.112. The lowest BCUT2D eigenvalue weighted by atomic mass is 10.1. The molecule has 0 saturated heterocycles. The minimum Gasteiger partial charge on any atom is -0.487 e. The first-order valence-electron chi connectivity index (χ1n) is 12.9. The van der Waals surface area contributed by atoms with Crippen molar-refractivity contribution < 1.29 is 67.2 Å². The number of esters is 2. The Morgan fingerprint density at radius 2 is 0.775 bits per heavy atom. The number of hydrogen-bond acceptors (Lipinski definition) is 14. The maximum atomic E-state index is 12.3. The third-order valence-corrected chi connectivity index (χ3v) is 4.82. The van der Waals surface area contributed by atoms with E-state index in [0.717, 1.165) is 0 Å². The number of aliphatic hydroxyl groups excluding tert-OH is 2. The van der Waals surface area contributed by atoms with Gasteiger partial charge in [0.1, 0.15) is 13.2 Å². The third-order valence-electron chi connectivity index (χ3n) is 4.82. The zero-order valence-corrected chi connectivity index (χ0v) is 23.3. The van der Waals surface area contributed by atoms with E-state index >= 15 is 0 Å². The van der Waals surface area contributed by atoms with Crippen molar-refractivity contribution >= 4 is 11.9 Å². The molecule has 0 aromatic heterocycles. The number of carbonyl (C=O) groups excluding carboxylic acids is 2. The number of ether oxygens (including phenoxy) is 10. The first kappa shape index (κ1) is 35.5. The summed E-state index contributed by atoms with van der Waals surface area (Å²) in [4.78, 5) is 24.6. The highest BCUT2D eigenvalue weighted by molar-refractivity contribution is 6.04. The topological polar surface area (TPSA) is 167 Å². The van der Waals surface area contributed by atoms with E-state index < -0.39 is 11.9 Å². The predicted octanol–water partition coefficient (Wildman–Crippen LogP) is 0.102. The van der Waals surface area contributed by atoms with E-state index in [-0.39, 0.29) is 75.5 Å². The van der Waals surface area contributed by atoms with Crippen molar-refractivity contribution in [1.29, 1.82) is 0 Å². The number of benzene rings is 1. The average Bonchev–Trinajstić information content (AvgIpc) is 2.97. The van der Waals surface area contributed by atoms with Gasteiger partial charge in [-0.25, -0.2) is 9.59 Å². The minimum atomic E-state index is -0.738. The molecule has 0 aliphatic heterocycles. The van der Waals surface area contributed by atoms with Gasteiger partial charge in [-0.2, -0.15) is 0 Å². The van der Waals surface area contributed by atoms with Gasteiger partial charge in [0.05, 0.1) is 118 Å². The SMILES string of the molecule is COC(=O)c1cc(OCCOCCOCCOCCO)c(OCCOCCOCCOCCO)cc1C(=O)OC. The highest BCUT2D eigenvalue weighted by Gasteiger charge is 2.23. The smallest absolute Gasteiger partial charge is 0.338 e. The van der Waals surface area contributed by atoms with E-state index in [1.54, 1.807) is 0 Å². The number of methoxy groups -OCH3 is 2. The Bertz CT molecular complexity index is 739. The number of aliphatic hydroxyl groups is 2. The first-order chi connectivity index (χ1) is 19.6. The Morgan fingerprint density at radius 1 is 0.500 bits per heavy atom. The highest BCUT2D eigenvalue weighted by Crippen LogP contribution is 2.32. The second-order valence-electron chi connectivity index (χ2n) is 7.65. The van der Waals surface area contributed by atoms with Crippen molar-refractivity contribution in [1.82, 2.24) is 0 Å². The normalized spacial score (nSPS) is 10.9. The second kappa shape index (κ2) is 24.3. The van der Waals surface area contributed by atoms with Crippen molar-refractivity contribution in [3.05, 3.63) is 23.3 Å². The molecule has 0 aliphatic rings. The van der Waals surface area contributed by atoms with Crippen molar-refractivity contribution in [2.45, 2.75) is 0 Å². The molecule has 0 radical (unpaired) electrons. The van der Waals surface area contributed by atoms with Gasteiger partial charge in [-0.05, 0) is 12.1 Å². The van der Waals surface area contributed by atoms with Crippen LogP contribution in [-0.2, 0) is 37.9 Å². The summed E-state index contributed by atoms with van der Waals surface area (Å²) in [5.74, 6) is -1.06. The fraction of sp³-hybridized carbons (Fsp3) is 0.692. The third kappa shape index (κ3) is 15.9. The molecule has 14 nitrogen and oxygen atoms in total. The highest BCUT2D eigenvalue weighted by atomic mass is 16.6. The second-order valence-corrected chi connectivity index (χ2v) is 7.65. The van der Waals surface area contributed by atoms with Crippen LogP contribution in [0.15, 0.2) is 12.1 Å². The number of hydrogen-bond donors (Lipinski definition) is 2. The molecule has 230 valence electrons. The van der Waals surface area contributed by atoms with Crippen molar-refractivity contribution in [3.63, 3.8) is 0 Å². The summed E-state index contributed by atoms with van der Waals surface area (Å²) >= 11 is 0. The molecule has 0 spiro atoms. The molecule has 14 heteroatoms. The fourth-order valence-corrected chi connectivity index (χ4v) is 2.98. The summed E-state index contributed by atoms with van der Waals surface area (Å²) in [6, 6.07) is 2.72. The molecule has 0 unspecified atom stereocenters. The molecular weight excluding hydrogens is 536 g/mol. The van der Waals surface area contributed by atoms with Crippen molar-refractivity contribution in [2.24, 2.45) is 0 Å². The van der Waals surface area contributed by atoms with Gasteiger partial charge in [-0.3, -0.25) is 0 Å². The number of rotatable bonds is 26. The van der Waals surface area contributed by atoms with Gasteiger partial charge in [0.25, 0.3) is 0 Å². The van der Waals surface area contributed by atoms with E-state index in [9.17, 15) is 9.59 Å². The monoisotopic (exact) mass is 578 g/mol. The van der Waals surface area contributed by atoms with E-state index in [0.29, 0.717) is 52.9 Å². The lowest BCUT2D eigenvalue weighted by molar-refractivity contribution is 0.00237. The maximum absolute atomic E-state index is 12.3. The van der Waals surface area contributed by atoms with Gasteiger partial charge in [0.15, 0.2) is 11.5 Å². The molecule has 1 aromatic carbocycles. The van der Waals surface area contributed by atoms with Crippen LogP contribution in [0.25, 0.3) is 0 Å². The molecular formula is C26H42O14. The summed E-state index contributed by atoms with van der Waals surface area (Å²) in [6.07, 6.45) is 0. The molecule has 1 aromatic rings. The largest absolute Gasteiger partial charge is 0.487 e. The Hall–Kier alpha value is -2.56. The Balaban J connectivity index is 2.58. The van der Waals surface area contributed by atoms with Crippen LogP contribution in [0.4, 0.5) is 0 Å². The van der Waals surface area contributed by atoms with Crippen LogP contribution in [0.5, 0.6) is 11.5 Å². The molecule has 0 heterocycles.